The van der Waals surface area contributed by atoms with Gasteiger partial charge in [0.1, 0.15) is 0 Å². The number of non-ortho nitro benzene ring substituents is 1. The molecule has 13 heteroatoms. The van der Waals surface area contributed by atoms with Crippen LogP contribution in [0.2, 0.25) is 0 Å². The monoisotopic (exact) mass is 438 g/mol. The predicted octanol–water partition coefficient (Wildman–Crippen LogP) is 2.64. The molecule has 164 valence electrons. The molecule has 0 aliphatic heterocycles. The molecular weight excluding hydrogens is 421 g/mol. The first kappa shape index (κ1) is 22.0. The van der Waals surface area contributed by atoms with Gasteiger partial charge in [-0.25, -0.2) is 0 Å². The third-order valence-electron chi connectivity index (χ3n) is 4.29. The number of carbonyl (C=O) groups is 1. The van der Waals surface area contributed by atoms with Gasteiger partial charge in [0.2, 0.25) is 0 Å². The highest BCUT2D eigenvalue weighted by molar-refractivity contribution is 6.00. The summed E-state index contributed by atoms with van der Waals surface area (Å²) in [6, 6.07) is 5.79. The Labute approximate surface area is 173 Å². The highest BCUT2D eigenvalue weighted by atomic mass is 19.4. The van der Waals surface area contributed by atoms with Crippen LogP contribution in [0.4, 0.5) is 24.5 Å². The molecule has 0 aliphatic carbocycles. The second kappa shape index (κ2) is 8.95. The summed E-state index contributed by atoms with van der Waals surface area (Å²) < 4.78 is 45.0. The van der Waals surface area contributed by atoms with Crippen LogP contribution in [0.5, 0.6) is 0 Å². The number of carbonyl (C=O) groups excluding carboxylic acids is 1. The summed E-state index contributed by atoms with van der Waals surface area (Å²) in [7, 11) is 1.50. The van der Waals surface area contributed by atoms with Gasteiger partial charge in [-0.3, -0.25) is 19.3 Å². The third-order valence-corrected chi connectivity index (χ3v) is 4.29. The van der Waals surface area contributed by atoms with E-state index in [0.717, 1.165) is 22.7 Å². The average molecular weight is 438 g/mol. The second-order valence-corrected chi connectivity index (χ2v) is 6.35. The van der Waals surface area contributed by atoms with Crippen LogP contribution in [0.25, 0.3) is 5.65 Å². The fourth-order valence-electron chi connectivity index (χ4n) is 2.76. The summed E-state index contributed by atoms with van der Waals surface area (Å²) in [5.74, 6) is -0.610. The number of nitrogens with one attached hydrogen (secondary N) is 2. The van der Waals surface area contributed by atoms with E-state index in [-0.39, 0.29) is 29.3 Å². The van der Waals surface area contributed by atoms with Gasteiger partial charge < -0.3 is 15.4 Å². The molecule has 0 atom stereocenters. The summed E-state index contributed by atoms with van der Waals surface area (Å²) in [4.78, 5) is 23.1. The summed E-state index contributed by atoms with van der Waals surface area (Å²) in [6.45, 7) is 0.441. The fourth-order valence-corrected chi connectivity index (χ4v) is 2.76. The second-order valence-electron chi connectivity index (χ2n) is 6.35. The van der Waals surface area contributed by atoms with E-state index in [1.165, 1.54) is 25.3 Å². The average Bonchev–Trinajstić information content (AvgIpc) is 3.14. The van der Waals surface area contributed by atoms with Crippen LogP contribution in [0, 0.1) is 10.1 Å². The van der Waals surface area contributed by atoms with Crippen molar-refractivity contribution < 1.29 is 27.6 Å². The number of halogens is 3. The molecule has 0 unspecified atom stereocenters. The van der Waals surface area contributed by atoms with Gasteiger partial charge in [-0.15, -0.1) is 10.2 Å². The first-order valence-electron chi connectivity index (χ1n) is 8.91. The Morgan fingerprint density at radius 2 is 2.03 bits per heavy atom. The molecule has 2 N–H and O–H groups in total. The van der Waals surface area contributed by atoms with Crippen molar-refractivity contribution in [3.63, 3.8) is 0 Å². The number of ether oxygens (including phenoxy) is 1. The van der Waals surface area contributed by atoms with Crippen molar-refractivity contribution in [2.45, 2.75) is 12.7 Å². The molecule has 3 rings (SSSR count). The van der Waals surface area contributed by atoms with E-state index in [1.54, 1.807) is 0 Å². The third kappa shape index (κ3) is 5.06. The first-order valence-corrected chi connectivity index (χ1v) is 8.91. The lowest BCUT2D eigenvalue weighted by Gasteiger charge is -2.12. The van der Waals surface area contributed by atoms with E-state index in [4.69, 9.17) is 4.74 Å². The normalized spacial score (nSPS) is 11.5. The number of rotatable bonds is 8. The van der Waals surface area contributed by atoms with E-state index in [1.807, 2.05) is 0 Å². The highest BCUT2D eigenvalue weighted by Crippen LogP contribution is 2.29. The number of nitro groups is 1. The van der Waals surface area contributed by atoms with Gasteiger partial charge in [-0.2, -0.15) is 13.2 Å². The number of nitro benzene ring substituents is 1. The molecule has 2 heterocycles. The Hall–Kier alpha value is -3.74. The number of fused-ring (bicyclic) bond motifs is 1. The molecule has 31 heavy (non-hydrogen) atoms. The number of anilines is 1. The molecule has 3 aromatic rings. The maximum absolute atomic E-state index is 13.0. The van der Waals surface area contributed by atoms with Crippen molar-refractivity contribution in [3.8, 4) is 0 Å². The van der Waals surface area contributed by atoms with Crippen LogP contribution in [0.15, 0.2) is 36.5 Å². The van der Waals surface area contributed by atoms with Crippen LogP contribution in [0.1, 0.15) is 21.7 Å². The Bertz CT molecular complexity index is 1120. The van der Waals surface area contributed by atoms with E-state index in [2.05, 4.69) is 20.8 Å². The smallest absolute Gasteiger partial charge is 0.383 e. The Morgan fingerprint density at radius 1 is 1.26 bits per heavy atom. The number of alkyl halides is 3. The zero-order valence-electron chi connectivity index (χ0n) is 16.1. The van der Waals surface area contributed by atoms with Crippen LogP contribution in [-0.4, -0.2) is 45.7 Å². The molecule has 1 aromatic carbocycles. The van der Waals surface area contributed by atoms with E-state index in [0.29, 0.717) is 18.8 Å². The van der Waals surface area contributed by atoms with Crippen LogP contribution < -0.4 is 10.6 Å². The minimum absolute atomic E-state index is 0.00453. The predicted molar refractivity (Wildman–Crippen MR) is 103 cm³/mol. The molecule has 0 saturated heterocycles. The van der Waals surface area contributed by atoms with Crippen LogP contribution in [-0.2, 0) is 17.5 Å². The lowest BCUT2D eigenvalue weighted by Crippen LogP contribution is -2.25. The Kier molecular flexibility index (Phi) is 6.34. The number of nitrogens with zero attached hydrogens (tertiary/aromatic N) is 4. The van der Waals surface area contributed by atoms with Gasteiger partial charge in [0.15, 0.2) is 11.5 Å². The fraction of sp³-hybridized carbons (Fsp3) is 0.278. The number of aromatic nitrogens is 3. The Morgan fingerprint density at radius 3 is 2.71 bits per heavy atom. The van der Waals surface area contributed by atoms with E-state index in [9.17, 15) is 28.1 Å². The molecule has 0 saturated carbocycles. The van der Waals surface area contributed by atoms with Crippen molar-refractivity contribution in [2.24, 2.45) is 0 Å². The number of amides is 1. The number of benzene rings is 1. The summed E-state index contributed by atoms with van der Waals surface area (Å²) >= 11 is 0. The summed E-state index contributed by atoms with van der Waals surface area (Å²) in [5.41, 5.74) is -0.670. The minimum Gasteiger partial charge on any atom is -0.383 e. The topological polar surface area (TPSA) is 124 Å². The van der Waals surface area contributed by atoms with Crippen molar-refractivity contribution >= 4 is 22.9 Å². The number of hydrogen-bond acceptors (Lipinski definition) is 7. The molecule has 0 bridgehead atoms. The molecule has 10 nitrogen and oxygen atoms in total. The van der Waals surface area contributed by atoms with Crippen molar-refractivity contribution in [3.05, 3.63) is 63.6 Å². The molecule has 0 fully saturated rings. The van der Waals surface area contributed by atoms with Crippen molar-refractivity contribution in [1.82, 2.24) is 19.9 Å². The minimum atomic E-state index is -4.55. The maximum atomic E-state index is 13.0. The summed E-state index contributed by atoms with van der Waals surface area (Å²) in [6.07, 6.45) is -3.72. The van der Waals surface area contributed by atoms with Gasteiger partial charge in [-0.05, 0) is 18.2 Å². The van der Waals surface area contributed by atoms with Gasteiger partial charge in [0, 0.05) is 37.7 Å². The molecule has 1 amide bonds. The standard InChI is InChI=1S/C18H17F3N6O4/c1-31-7-6-22-14-4-3-12(27(29)30)8-13(14)17(28)23-9-16-25-24-15-5-2-11(10-26(15)16)18(19,20)21/h2-5,8,10,22H,6-7,9H2,1H3,(H,23,28). The first-order chi connectivity index (χ1) is 14.7. The molecule has 2 aromatic heterocycles. The number of pyridine rings is 1. The van der Waals surface area contributed by atoms with Crippen LogP contribution in [0.3, 0.4) is 0 Å². The Balaban J connectivity index is 1.83. The zero-order chi connectivity index (χ0) is 22.6. The molecular formula is C18H17F3N6O4. The lowest BCUT2D eigenvalue weighted by atomic mass is 10.1. The zero-order valence-corrected chi connectivity index (χ0v) is 16.1. The lowest BCUT2D eigenvalue weighted by molar-refractivity contribution is -0.384. The van der Waals surface area contributed by atoms with Crippen molar-refractivity contribution in [1.29, 1.82) is 0 Å². The van der Waals surface area contributed by atoms with Crippen LogP contribution >= 0.6 is 0 Å². The maximum Gasteiger partial charge on any atom is 0.417 e. The van der Waals surface area contributed by atoms with Gasteiger partial charge in [0.25, 0.3) is 11.6 Å². The molecule has 0 spiro atoms. The summed E-state index contributed by atoms with van der Waals surface area (Å²) in [5, 5.41) is 24.1. The SMILES string of the molecule is COCCNc1ccc([N+](=O)[O-])cc1C(=O)NCc1nnc2ccc(C(F)(F)F)cn12. The molecule has 0 aliphatic rings. The van der Waals surface area contributed by atoms with E-state index >= 15 is 0 Å². The number of hydrogen-bond donors (Lipinski definition) is 2. The quantitative estimate of drug-likeness (QED) is 0.315. The highest BCUT2D eigenvalue weighted by Gasteiger charge is 2.31. The van der Waals surface area contributed by atoms with Gasteiger partial charge >= 0.3 is 6.18 Å². The van der Waals surface area contributed by atoms with Gasteiger partial charge in [0.05, 0.1) is 29.2 Å². The van der Waals surface area contributed by atoms with Crippen molar-refractivity contribution in [2.75, 3.05) is 25.6 Å². The van der Waals surface area contributed by atoms with E-state index < -0.39 is 22.6 Å². The largest absolute Gasteiger partial charge is 0.417 e. The molecule has 0 radical (unpaired) electrons. The number of methoxy groups -OCH3 is 1. The van der Waals surface area contributed by atoms with Gasteiger partial charge in [-0.1, -0.05) is 0 Å².